The summed E-state index contributed by atoms with van der Waals surface area (Å²) in [5, 5.41) is 16.1. The number of hydrogen-bond donors (Lipinski definition) is 3. The number of nitro groups is 1. The number of nitrogens with zero attached hydrogens (tertiary/aromatic N) is 2. The van der Waals surface area contributed by atoms with E-state index in [1.54, 1.807) is 24.0 Å². The minimum atomic E-state index is -0.534. The van der Waals surface area contributed by atoms with E-state index < -0.39 is 4.92 Å². The van der Waals surface area contributed by atoms with Crippen molar-refractivity contribution in [2.24, 2.45) is 0 Å². The van der Waals surface area contributed by atoms with Crippen LogP contribution in [0.3, 0.4) is 0 Å². The van der Waals surface area contributed by atoms with Crippen molar-refractivity contribution in [2.45, 2.75) is 5.75 Å². The van der Waals surface area contributed by atoms with E-state index in [1.807, 2.05) is 6.07 Å². The van der Waals surface area contributed by atoms with Crippen molar-refractivity contribution >= 4 is 17.4 Å². The van der Waals surface area contributed by atoms with Crippen LogP contribution in [0.4, 0.5) is 5.69 Å². The predicted molar refractivity (Wildman–Crippen MR) is 84.7 cm³/mol. The molecule has 0 amide bonds. The minimum Gasteiger partial charge on any atom is -0.397 e. The summed E-state index contributed by atoms with van der Waals surface area (Å²) in [5.74, 6) is 4.11. The molecule has 0 atom stereocenters. The average Bonchev–Trinajstić information content (AvgIpc) is 2.45. The largest absolute Gasteiger partial charge is 0.397 e. The lowest BCUT2D eigenvalue weighted by molar-refractivity contribution is -0.404. The Morgan fingerprint density at radius 2 is 2.43 bits per heavy atom. The third kappa shape index (κ3) is 7.08. The first-order valence-electron chi connectivity index (χ1n) is 6.17. The van der Waals surface area contributed by atoms with Crippen LogP contribution in [0.2, 0.25) is 0 Å². The number of pyridine rings is 1. The number of aromatic nitrogens is 1. The molecule has 0 bridgehead atoms. The molecule has 0 spiro atoms. The summed E-state index contributed by atoms with van der Waals surface area (Å²) >= 11 is 1.64. The molecule has 1 aromatic heterocycles. The fourth-order valence-corrected chi connectivity index (χ4v) is 2.23. The first-order valence-corrected chi connectivity index (χ1v) is 7.32. The topological polar surface area (TPSA) is 106 Å². The molecule has 7 nitrogen and oxygen atoms in total. The minimum absolute atomic E-state index is 0.226. The van der Waals surface area contributed by atoms with Gasteiger partial charge >= 0.3 is 0 Å². The fraction of sp³-hybridized carbons (Fsp3) is 0.308. The number of nitrogen functional groups attached to an aromatic ring is 1. The van der Waals surface area contributed by atoms with Crippen molar-refractivity contribution in [1.29, 1.82) is 0 Å². The van der Waals surface area contributed by atoms with Gasteiger partial charge in [-0.25, -0.2) is 0 Å². The molecule has 0 saturated heterocycles. The second-order valence-corrected chi connectivity index (χ2v) is 5.01. The van der Waals surface area contributed by atoms with Crippen LogP contribution in [-0.2, 0) is 5.75 Å². The zero-order valence-corrected chi connectivity index (χ0v) is 12.2. The van der Waals surface area contributed by atoms with Crippen LogP contribution in [-0.4, -0.2) is 28.7 Å². The van der Waals surface area contributed by atoms with E-state index in [4.69, 9.17) is 12.2 Å². The molecule has 0 saturated carbocycles. The van der Waals surface area contributed by atoms with Crippen molar-refractivity contribution in [3.8, 4) is 12.3 Å². The lowest BCUT2D eigenvalue weighted by Crippen LogP contribution is -2.29. The summed E-state index contributed by atoms with van der Waals surface area (Å²) < 4.78 is 0. The highest BCUT2D eigenvalue weighted by Crippen LogP contribution is 2.14. The molecule has 4 N–H and O–H groups in total. The van der Waals surface area contributed by atoms with Crippen molar-refractivity contribution in [3.63, 3.8) is 0 Å². The Morgan fingerprint density at radius 3 is 3.10 bits per heavy atom. The SMILES string of the molecule is C#CCNC(=C[N+](=O)[O-])NCCSCc1ncccc1N. The predicted octanol–water partition coefficient (Wildman–Crippen LogP) is 0.785. The highest BCUT2D eigenvalue weighted by Gasteiger charge is 2.02. The number of nitrogens with two attached hydrogens (primary N) is 1. The van der Waals surface area contributed by atoms with Crippen LogP contribution in [0.25, 0.3) is 0 Å². The normalized spacial score (nSPS) is 10.7. The number of thioether (sulfide) groups is 1. The van der Waals surface area contributed by atoms with Crippen molar-refractivity contribution in [2.75, 3.05) is 24.6 Å². The van der Waals surface area contributed by atoms with Crippen LogP contribution in [0.5, 0.6) is 0 Å². The van der Waals surface area contributed by atoms with Gasteiger partial charge in [0.05, 0.1) is 22.8 Å². The van der Waals surface area contributed by atoms with Gasteiger partial charge in [-0.15, -0.1) is 6.42 Å². The molecule has 0 fully saturated rings. The molecule has 1 aromatic rings. The number of anilines is 1. The van der Waals surface area contributed by atoms with Crippen LogP contribution >= 0.6 is 11.8 Å². The van der Waals surface area contributed by atoms with Crippen molar-refractivity contribution in [1.82, 2.24) is 15.6 Å². The summed E-state index contributed by atoms with van der Waals surface area (Å²) in [6, 6.07) is 3.60. The quantitative estimate of drug-likeness (QED) is 0.268. The van der Waals surface area contributed by atoms with Crippen molar-refractivity contribution in [3.05, 3.63) is 46.2 Å². The molecule has 1 heterocycles. The van der Waals surface area contributed by atoms with Gasteiger partial charge < -0.3 is 16.4 Å². The Bertz CT molecular complexity index is 542. The van der Waals surface area contributed by atoms with E-state index >= 15 is 0 Å². The number of nitrogens with one attached hydrogen (secondary N) is 2. The summed E-state index contributed by atoms with van der Waals surface area (Å²) in [6.07, 6.45) is 7.66. The Hall–Kier alpha value is -2.40. The van der Waals surface area contributed by atoms with Gasteiger partial charge in [-0.1, -0.05) is 5.92 Å². The summed E-state index contributed by atoms with van der Waals surface area (Å²) in [5.41, 5.74) is 7.30. The highest BCUT2D eigenvalue weighted by molar-refractivity contribution is 7.98. The van der Waals surface area contributed by atoms with Gasteiger partial charge in [0.1, 0.15) is 0 Å². The molecule has 0 aliphatic rings. The van der Waals surface area contributed by atoms with E-state index in [2.05, 4.69) is 21.5 Å². The highest BCUT2D eigenvalue weighted by atomic mass is 32.2. The van der Waals surface area contributed by atoms with E-state index in [0.29, 0.717) is 23.8 Å². The van der Waals surface area contributed by atoms with Gasteiger partial charge in [-0.3, -0.25) is 15.1 Å². The van der Waals surface area contributed by atoms with Gasteiger partial charge in [0, 0.05) is 24.2 Å². The number of terminal acetylenes is 1. The lowest BCUT2D eigenvalue weighted by Gasteiger charge is -2.09. The van der Waals surface area contributed by atoms with Crippen LogP contribution in [0.15, 0.2) is 30.4 Å². The Kier molecular flexibility index (Phi) is 7.53. The molecule has 8 heteroatoms. The van der Waals surface area contributed by atoms with Crippen LogP contribution < -0.4 is 16.4 Å². The maximum atomic E-state index is 10.5. The standard InChI is InChI=1S/C13H17N5O2S/c1-2-5-16-13(9-18(19)20)17-7-8-21-10-12-11(14)4-3-6-15-12/h1,3-4,6,9,16-17H,5,7-8,10,14H2. The van der Waals surface area contributed by atoms with E-state index in [1.165, 1.54) is 0 Å². The van der Waals surface area contributed by atoms with E-state index in [-0.39, 0.29) is 6.54 Å². The second kappa shape index (κ2) is 9.50. The molecule has 112 valence electrons. The van der Waals surface area contributed by atoms with Gasteiger partial charge in [0.15, 0.2) is 5.82 Å². The average molecular weight is 307 g/mol. The zero-order chi connectivity index (χ0) is 15.5. The third-order valence-corrected chi connectivity index (χ3v) is 3.31. The summed E-state index contributed by atoms with van der Waals surface area (Å²) in [7, 11) is 0. The van der Waals surface area contributed by atoms with Crippen molar-refractivity contribution < 1.29 is 4.92 Å². The van der Waals surface area contributed by atoms with Gasteiger partial charge in [0.2, 0.25) is 0 Å². The van der Waals surface area contributed by atoms with Gasteiger partial charge in [-0.2, -0.15) is 11.8 Å². The zero-order valence-electron chi connectivity index (χ0n) is 11.4. The smallest absolute Gasteiger partial charge is 0.274 e. The van der Waals surface area contributed by atoms with Gasteiger partial charge in [-0.05, 0) is 12.1 Å². The number of rotatable bonds is 9. The molecule has 0 unspecified atom stereocenters. The first-order chi connectivity index (χ1) is 10.1. The first kappa shape index (κ1) is 16.7. The molecule has 0 aliphatic heterocycles. The van der Waals surface area contributed by atoms with Crippen LogP contribution in [0.1, 0.15) is 5.69 Å². The lowest BCUT2D eigenvalue weighted by atomic mass is 10.3. The van der Waals surface area contributed by atoms with E-state index in [9.17, 15) is 10.1 Å². The Labute approximate surface area is 127 Å². The molecular weight excluding hydrogens is 290 g/mol. The van der Waals surface area contributed by atoms with Gasteiger partial charge in [0.25, 0.3) is 6.20 Å². The van der Waals surface area contributed by atoms with Crippen LogP contribution in [0, 0.1) is 22.5 Å². The molecule has 0 aromatic carbocycles. The third-order valence-electron chi connectivity index (χ3n) is 2.34. The fourth-order valence-electron chi connectivity index (χ4n) is 1.40. The second-order valence-electron chi connectivity index (χ2n) is 3.90. The molecule has 0 aliphatic carbocycles. The maximum Gasteiger partial charge on any atom is 0.274 e. The Balaban J connectivity index is 2.30. The Morgan fingerprint density at radius 1 is 1.62 bits per heavy atom. The summed E-state index contributed by atoms with van der Waals surface area (Å²) in [6.45, 7) is 0.791. The number of hydrogen-bond acceptors (Lipinski definition) is 7. The molecule has 1 rings (SSSR count). The molecular formula is C13H17N5O2S. The summed E-state index contributed by atoms with van der Waals surface area (Å²) in [4.78, 5) is 14.1. The maximum absolute atomic E-state index is 10.5. The molecule has 0 radical (unpaired) electrons. The van der Waals surface area contributed by atoms with E-state index in [0.717, 1.165) is 17.6 Å². The molecule has 21 heavy (non-hydrogen) atoms. The monoisotopic (exact) mass is 307 g/mol.